The standard InChI is InChI=1S/C20H16N.Ir/c1-13-6-8-16-17-9-7-15(20-5-3-4-10-21-20)12-19(17)14(2)18(16)11-13;/h3-6,8-12,14H,1-2H3;/q-1;. The second-order valence-corrected chi connectivity index (χ2v) is 5.74. The van der Waals surface area contributed by atoms with Gasteiger partial charge in [-0.25, -0.2) is 0 Å². The summed E-state index contributed by atoms with van der Waals surface area (Å²) in [5.74, 6) is 0.437. The van der Waals surface area contributed by atoms with Crippen LogP contribution in [0.3, 0.4) is 0 Å². The van der Waals surface area contributed by atoms with E-state index in [2.05, 4.69) is 55.2 Å². The van der Waals surface area contributed by atoms with E-state index in [0.29, 0.717) is 5.92 Å². The average molecular weight is 463 g/mol. The Bertz CT molecular complexity index is 824. The molecule has 111 valence electrons. The van der Waals surface area contributed by atoms with E-state index >= 15 is 0 Å². The van der Waals surface area contributed by atoms with Crippen LogP contribution < -0.4 is 0 Å². The Morgan fingerprint density at radius 2 is 1.82 bits per heavy atom. The molecule has 2 aromatic carbocycles. The minimum absolute atomic E-state index is 0. The van der Waals surface area contributed by atoms with Crippen LogP contribution in [0.2, 0.25) is 0 Å². The summed E-state index contributed by atoms with van der Waals surface area (Å²) in [5, 5.41) is 0. The second kappa shape index (κ2) is 5.79. The molecule has 0 N–H and O–H groups in total. The largest absolute Gasteiger partial charge is 0.305 e. The van der Waals surface area contributed by atoms with Gasteiger partial charge in [-0.1, -0.05) is 53.9 Å². The van der Waals surface area contributed by atoms with Crippen molar-refractivity contribution in [1.29, 1.82) is 0 Å². The zero-order valence-corrected chi connectivity index (χ0v) is 14.9. The van der Waals surface area contributed by atoms with Crippen LogP contribution in [-0.2, 0) is 20.1 Å². The van der Waals surface area contributed by atoms with Crippen molar-refractivity contribution in [3.63, 3.8) is 0 Å². The van der Waals surface area contributed by atoms with Crippen LogP contribution in [0.5, 0.6) is 0 Å². The first kappa shape index (κ1) is 15.1. The van der Waals surface area contributed by atoms with Crippen LogP contribution >= 0.6 is 0 Å². The van der Waals surface area contributed by atoms with E-state index in [0.717, 1.165) is 11.3 Å². The van der Waals surface area contributed by atoms with Crippen molar-refractivity contribution in [2.24, 2.45) is 0 Å². The number of fused-ring (bicyclic) bond motifs is 3. The van der Waals surface area contributed by atoms with E-state index in [1.165, 1.54) is 27.8 Å². The minimum Gasteiger partial charge on any atom is -0.305 e. The van der Waals surface area contributed by atoms with Gasteiger partial charge in [0.2, 0.25) is 0 Å². The molecular formula is C20H16IrN-. The van der Waals surface area contributed by atoms with Crippen molar-refractivity contribution < 1.29 is 20.1 Å². The van der Waals surface area contributed by atoms with Crippen LogP contribution in [-0.4, -0.2) is 4.98 Å². The van der Waals surface area contributed by atoms with Crippen LogP contribution in [0.25, 0.3) is 22.4 Å². The monoisotopic (exact) mass is 463 g/mol. The summed E-state index contributed by atoms with van der Waals surface area (Å²) in [6.45, 7) is 4.44. The van der Waals surface area contributed by atoms with Crippen LogP contribution in [0, 0.1) is 13.0 Å². The van der Waals surface area contributed by atoms with Crippen molar-refractivity contribution in [3.05, 3.63) is 77.5 Å². The molecule has 1 radical (unpaired) electrons. The Balaban J connectivity index is 0.00000144. The maximum absolute atomic E-state index is 4.43. The van der Waals surface area contributed by atoms with Crippen molar-refractivity contribution >= 4 is 0 Å². The third-order valence-corrected chi connectivity index (χ3v) is 4.35. The Labute approximate surface area is 144 Å². The van der Waals surface area contributed by atoms with Gasteiger partial charge in [-0.3, -0.25) is 0 Å². The van der Waals surface area contributed by atoms with Crippen LogP contribution in [0.1, 0.15) is 29.5 Å². The molecule has 1 unspecified atom stereocenters. The molecule has 0 bridgehead atoms. The zero-order valence-electron chi connectivity index (χ0n) is 12.6. The molecule has 1 atom stereocenters. The summed E-state index contributed by atoms with van der Waals surface area (Å²) in [5.41, 5.74) is 8.86. The summed E-state index contributed by atoms with van der Waals surface area (Å²) in [6.07, 6.45) is 1.83. The number of aryl methyl sites for hydroxylation is 1. The average Bonchev–Trinajstić information content (AvgIpc) is 2.80. The van der Waals surface area contributed by atoms with Crippen LogP contribution in [0.4, 0.5) is 0 Å². The molecule has 4 rings (SSSR count). The van der Waals surface area contributed by atoms with Gasteiger partial charge < -0.3 is 4.98 Å². The molecule has 1 aliphatic rings. The second-order valence-electron chi connectivity index (χ2n) is 5.74. The van der Waals surface area contributed by atoms with Gasteiger partial charge in [0, 0.05) is 26.3 Å². The fraction of sp³-hybridized carbons (Fsp3) is 0.150. The van der Waals surface area contributed by atoms with Gasteiger partial charge in [-0.2, -0.15) is 0 Å². The molecule has 1 nitrogen and oxygen atoms in total. The quantitative estimate of drug-likeness (QED) is 0.465. The van der Waals surface area contributed by atoms with Gasteiger partial charge in [-0.15, -0.1) is 29.3 Å². The van der Waals surface area contributed by atoms with Gasteiger partial charge in [0.1, 0.15) is 0 Å². The van der Waals surface area contributed by atoms with Gasteiger partial charge >= 0.3 is 0 Å². The topological polar surface area (TPSA) is 12.9 Å². The Hall–Kier alpha value is -1.76. The van der Waals surface area contributed by atoms with Gasteiger partial charge in [0.05, 0.1) is 0 Å². The van der Waals surface area contributed by atoms with Crippen molar-refractivity contribution in [3.8, 4) is 22.4 Å². The smallest absolute Gasteiger partial charge is 0.0160 e. The minimum atomic E-state index is 0. The Kier molecular flexibility index (Phi) is 3.99. The Morgan fingerprint density at radius 3 is 2.59 bits per heavy atom. The fourth-order valence-electron chi connectivity index (χ4n) is 3.22. The molecule has 22 heavy (non-hydrogen) atoms. The van der Waals surface area contributed by atoms with E-state index in [1.54, 1.807) is 0 Å². The molecule has 0 amide bonds. The first-order chi connectivity index (χ1) is 10.2. The normalized spacial score (nSPS) is 14.9. The number of hydrogen-bond donors (Lipinski definition) is 0. The summed E-state index contributed by atoms with van der Waals surface area (Å²) in [4.78, 5) is 4.43. The molecule has 0 saturated heterocycles. The maximum atomic E-state index is 4.43. The molecule has 0 aliphatic heterocycles. The first-order valence-electron chi connectivity index (χ1n) is 7.32. The molecule has 1 aromatic heterocycles. The number of nitrogens with zero attached hydrogens (tertiary/aromatic N) is 1. The summed E-state index contributed by atoms with van der Waals surface area (Å²) >= 11 is 0. The summed E-state index contributed by atoms with van der Waals surface area (Å²) in [7, 11) is 0. The predicted octanol–water partition coefficient (Wildman–Crippen LogP) is 4.99. The number of rotatable bonds is 1. The summed E-state index contributed by atoms with van der Waals surface area (Å²) in [6, 6.07) is 20.5. The number of pyridine rings is 1. The number of benzene rings is 2. The first-order valence-corrected chi connectivity index (χ1v) is 7.32. The molecular weight excluding hydrogens is 446 g/mol. The zero-order chi connectivity index (χ0) is 14.4. The van der Waals surface area contributed by atoms with Crippen molar-refractivity contribution in [2.45, 2.75) is 19.8 Å². The van der Waals surface area contributed by atoms with E-state index in [4.69, 9.17) is 0 Å². The van der Waals surface area contributed by atoms with Gasteiger partial charge in [0.15, 0.2) is 0 Å². The van der Waals surface area contributed by atoms with Crippen molar-refractivity contribution in [2.75, 3.05) is 0 Å². The molecule has 0 saturated carbocycles. The number of aromatic nitrogens is 1. The van der Waals surface area contributed by atoms with Gasteiger partial charge in [0.25, 0.3) is 0 Å². The molecule has 1 heterocycles. The molecule has 0 spiro atoms. The third-order valence-electron chi connectivity index (χ3n) is 4.35. The van der Waals surface area contributed by atoms with E-state index in [-0.39, 0.29) is 20.1 Å². The molecule has 2 heteroatoms. The fourth-order valence-corrected chi connectivity index (χ4v) is 3.22. The van der Waals surface area contributed by atoms with E-state index < -0.39 is 0 Å². The van der Waals surface area contributed by atoms with Gasteiger partial charge in [-0.05, 0) is 30.2 Å². The van der Waals surface area contributed by atoms with Crippen LogP contribution in [0.15, 0.2) is 54.7 Å². The van der Waals surface area contributed by atoms with E-state index in [9.17, 15) is 0 Å². The SMILES string of the molecule is Cc1ccc2c(c1)C(C)c1cc(-c3ccccn3)[c-]cc1-2.[Ir]. The molecule has 0 fully saturated rings. The molecule has 3 aromatic rings. The van der Waals surface area contributed by atoms with E-state index in [1.807, 2.05) is 24.4 Å². The molecule has 1 aliphatic carbocycles. The maximum Gasteiger partial charge on any atom is 0.0160 e. The summed E-state index contributed by atoms with van der Waals surface area (Å²) < 4.78 is 0. The van der Waals surface area contributed by atoms with Crippen molar-refractivity contribution in [1.82, 2.24) is 4.98 Å². The number of hydrogen-bond acceptors (Lipinski definition) is 1. The third kappa shape index (κ3) is 2.33. The predicted molar refractivity (Wildman–Crippen MR) is 86.2 cm³/mol. The Morgan fingerprint density at radius 1 is 1.00 bits per heavy atom.